The molecule has 0 aliphatic carbocycles. The van der Waals surface area contributed by atoms with E-state index in [0.717, 1.165) is 11.1 Å². The van der Waals surface area contributed by atoms with Gasteiger partial charge in [0, 0.05) is 18.8 Å². The van der Waals surface area contributed by atoms with Gasteiger partial charge in [-0.15, -0.1) is 0 Å². The van der Waals surface area contributed by atoms with Crippen LogP contribution in [0.15, 0.2) is 75.9 Å². The number of fused-ring (bicyclic) bond motifs is 1. The van der Waals surface area contributed by atoms with Gasteiger partial charge in [-0.25, -0.2) is 4.99 Å². The van der Waals surface area contributed by atoms with Crippen LogP contribution in [-0.4, -0.2) is 52.1 Å². The van der Waals surface area contributed by atoms with Crippen molar-refractivity contribution in [1.29, 1.82) is 0 Å². The Balaban J connectivity index is 1.76. The second-order valence-corrected chi connectivity index (χ2v) is 9.46. The molecule has 1 amide bonds. The number of hydrogen-bond donors (Lipinski definition) is 1. The maximum atomic E-state index is 13.7. The van der Waals surface area contributed by atoms with Crippen molar-refractivity contribution in [2.45, 2.75) is 39.8 Å². The lowest BCUT2D eigenvalue weighted by Crippen LogP contribution is -2.41. The number of thioether (sulfide) groups is 1. The van der Waals surface area contributed by atoms with Crippen LogP contribution in [0.1, 0.15) is 44.4 Å². The van der Waals surface area contributed by atoms with E-state index in [4.69, 9.17) is 14.5 Å². The van der Waals surface area contributed by atoms with Gasteiger partial charge in [0.05, 0.1) is 30.8 Å². The third kappa shape index (κ3) is 5.51. The minimum atomic E-state index is -0.947. The van der Waals surface area contributed by atoms with Crippen LogP contribution in [0.25, 0.3) is 0 Å². The summed E-state index contributed by atoms with van der Waals surface area (Å²) in [6.07, 6.45) is -0.177. The number of benzene rings is 2. The van der Waals surface area contributed by atoms with Crippen LogP contribution < -0.4 is 9.47 Å². The molecule has 2 aromatic rings. The van der Waals surface area contributed by atoms with Gasteiger partial charge in [0.2, 0.25) is 0 Å². The maximum Gasteiger partial charge on any atom is 0.309 e. The Bertz CT molecular complexity index is 1270. The third-order valence-corrected chi connectivity index (χ3v) is 7.24. The van der Waals surface area contributed by atoms with E-state index in [2.05, 4.69) is 0 Å². The summed E-state index contributed by atoms with van der Waals surface area (Å²) >= 11 is 1.37. The lowest BCUT2D eigenvalue weighted by Gasteiger charge is -2.38. The lowest BCUT2D eigenvalue weighted by molar-refractivity contribution is -0.136. The summed E-state index contributed by atoms with van der Waals surface area (Å²) in [5, 5.41) is 12.0. The minimum Gasteiger partial charge on any atom is -0.493 e. The van der Waals surface area contributed by atoms with Gasteiger partial charge in [-0.2, -0.15) is 0 Å². The molecule has 9 heteroatoms. The number of carbonyl (C=O) groups is 2. The number of nitrogens with zero attached hydrogens (tertiary/aromatic N) is 3. The highest BCUT2D eigenvalue weighted by molar-refractivity contribution is 8.16. The average Bonchev–Trinajstić information content (AvgIpc) is 3.28. The average molecular weight is 522 g/mol. The molecule has 2 aliphatic rings. The van der Waals surface area contributed by atoms with Gasteiger partial charge in [0.1, 0.15) is 6.61 Å². The molecule has 2 aromatic carbocycles. The number of methoxy groups -OCH3 is 1. The highest BCUT2D eigenvalue weighted by Gasteiger charge is 2.41. The van der Waals surface area contributed by atoms with Crippen molar-refractivity contribution in [3.63, 3.8) is 0 Å². The number of hydrogen-bond acceptors (Lipinski definition) is 7. The Kier molecular flexibility index (Phi) is 8.23. The number of carboxylic acids is 1. The summed E-state index contributed by atoms with van der Waals surface area (Å²) in [5.41, 5.74) is 3.54. The van der Waals surface area contributed by atoms with Gasteiger partial charge >= 0.3 is 5.97 Å². The Morgan fingerprint density at radius 3 is 2.49 bits per heavy atom. The standard InChI is InChI=1S/C28H31N3O5S/c1-5-30(6-2)27(34)25-18(3)29-28-31(21(17-37-28)15-24(32)33)26(25)20-12-13-22(23(14-20)35-4)36-16-19-10-8-7-9-11-19/h7-14,17,26H,5-6,15-16H2,1-4H3,(H,32,33). The van der Waals surface area contributed by atoms with E-state index in [1.54, 1.807) is 17.4 Å². The summed E-state index contributed by atoms with van der Waals surface area (Å²) < 4.78 is 11.7. The summed E-state index contributed by atoms with van der Waals surface area (Å²) in [7, 11) is 1.58. The van der Waals surface area contributed by atoms with Crippen LogP contribution in [0.4, 0.5) is 0 Å². The number of rotatable bonds is 10. The molecule has 0 saturated carbocycles. The zero-order valence-corrected chi connectivity index (χ0v) is 22.2. The van der Waals surface area contributed by atoms with Crippen LogP contribution >= 0.6 is 11.8 Å². The summed E-state index contributed by atoms with van der Waals surface area (Å²) in [6, 6.07) is 14.9. The Hall–Kier alpha value is -3.72. The van der Waals surface area contributed by atoms with E-state index in [-0.39, 0.29) is 12.3 Å². The van der Waals surface area contributed by atoms with Crippen LogP contribution in [0.3, 0.4) is 0 Å². The first-order valence-corrected chi connectivity index (χ1v) is 13.1. The Morgan fingerprint density at radius 1 is 1.11 bits per heavy atom. The fraction of sp³-hybridized carbons (Fsp3) is 0.321. The molecule has 0 fully saturated rings. The SMILES string of the molecule is CCN(CC)C(=O)C1=C(C)N=C2SC=C(CC(=O)O)N2C1c1ccc(OCc2ccccc2)c(OC)c1. The quantitative estimate of drug-likeness (QED) is 0.460. The van der Waals surface area contributed by atoms with Crippen molar-refractivity contribution in [2.24, 2.45) is 4.99 Å². The molecule has 8 nitrogen and oxygen atoms in total. The topological polar surface area (TPSA) is 91.7 Å². The molecular weight excluding hydrogens is 490 g/mol. The Morgan fingerprint density at radius 2 is 1.84 bits per heavy atom. The first-order valence-electron chi connectivity index (χ1n) is 12.2. The summed E-state index contributed by atoms with van der Waals surface area (Å²) in [5.74, 6) is 0.0388. The van der Waals surface area contributed by atoms with Gasteiger partial charge < -0.3 is 24.4 Å². The third-order valence-electron chi connectivity index (χ3n) is 6.35. The lowest BCUT2D eigenvalue weighted by atomic mass is 9.92. The Labute approximate surface area is 221 Å². The maximum absolute atomic E-state index is 13.7. The van der Waals surface area contributed by atoms with E-state index in [1.165, 1.54) is 11.8 Å². The highest BCUT2D eigenvalue weighted by atomic mass is 32.2. The molecule has 0 aromatic heterocycles. The molecule has 2 heterocycles. The molecule has 1 unspecified atom stereocenters. The number of allylic oxidation sites excluding steroid dienone is 1. The monoisotopic (exact) mass is 521 g/mol. The van der Waals surface area contributed by atoms with Gasteiger partial charge in [-0.3, -0.25) is 9.59 Å². The van der Waals surface area contributed by atoms with Crippen LogP contribution in [0.2, 0.25) is 0 Å². The van der Waals surface area contributed by atoms with Crippen molar-refractivity contribution in [1.82, 2.24) is 9.80 Å². The number of ether oxygens (including phenoxy) is 2. The molecule has 0 radical (unpaired) electrons. The molecule has 194 valence electrons. The first-order chi connectivity index (χ1) is 17.9. The molecular formula is C28H31N3O5S. The molecule has 4 rings (SSSR count). The first kappa shape index (κ1) is 26.3. The van der Waals surface area contributed by atoms with Crippen molar-refractivity contribution in [3.05, 3.63) is 82.0 Å². The fourth-order valence-electron chi connectivity index (χ4n) is 4.50. The molecule has 1 N–H and O–H groups in total. The van der Waals surface area contributed by atoms with Crippen LogP contribution in [0, 0.1) is 0 Å². The van der Waals surface area contributed by atoms with Crippen LogP contribution in [-0.2, 0) is 16.2 Å². The van der Waals surface area contributed by atoms with E-state index in [9.17, 15) is 14.7 Å². The van der Waals surface area contributed by atoms with Gasteiger partial charge in [-0.05, 0) is 49.4 Å². The van der Waals surface area contributed by atoms with E-state index < -0.39 is 12.0 Å². The van der Waals surface area contributed by atoms with Crippen molar-refractivity contribution >= 4 is 28.8 Å². The van der Waals surface area contributed by atoms with Gasteiger partial charge in [-0.1, -0.05) is 48.2 Å². The molecule has 37 heavy (non-hydrogen) atoms. The molecule has 0 bridgehead atoms. The number of carbonyl (C=O) groups excluding carboxylic acids is 1. The second-order valence-electron chi connectivity index (χ2n) is 8.63. The van der Waals surface area contributed by atoms with Crippen molar-refractivity contribution < 1.29 is 24.2 Å². The second kappa shape index (κ2) is 11.6. The predicted octanol–water partition coefficient (Wildman–Crippen LogP) is 5.19. The van der Waals surface area contributed by atoms with Crippen LogP contribution in [0.5, 0.6) is 11.5 Å². The molecule has 1 atom stereocenters. The normalized spacial score (nSPS) is 16.6. The number of amidine groups is 1. The van der Waals surface area contributed by atoms with Crippen molar-refractivity contribution in [2.75, 3.05) is 20.2 Å². The van der Waals surface area contributed by atoms with Gasteiger partial charge in [0.25, 0.3) is 5.91 Å². The van der Waals surface area contributed by atoms with Crippen molar-refractivity contribution in [3.8, 4) is 11.5 Å². The van der Waals surface area contributed by atoms with Gasteiger partial charge in [0.15, 0.2) is 16.7 Å². The summed E-state index contributed by atoms with van der Waals surface area (Å²) in [6.45, 7) is 7.20. The molecule has 0 saturated heterocycles. The smallest absolute Gasteiger partial charge is 0.309 e. The molecule has 0 spiro atoms. The highest BCUT2D eigenvalue weighted by Crippen LogP contribution is 2.46. The largest absolute Gasteiger partial charge is 0.493 e. The minimum absolute atomic E-state index is 0.120. The zero-order chi connectivity index (χ0) is 26.5. The van der Waals surface area contributed by atoms with E-state index in [0.29, 0.717) is 53.3 Å². The van der Waals surface area contributed by atoms with E-state index >= 15 is 0 Å². The van der Waals surface area contributed by atoms with E-state index in [1.807, 2.05) is 74.2 Å². The molecule has 2 aliphatic heterocycles. The number of aliphatic imine (C=N–C) groups is 1. The summed E-state index contributed by atoms with van der Waals surface area (Å²) in [4.78, 5) is 33.7. The fourth-order valence-corrected chi connectivity index (χ4v) is 5.47. The number of aliphatic carboxylic acids is 1. The predicted molar refractivity (Wildman–Crippen MR) is 144 cm³/mol. The number of amides is 1. The zero-order valence-electron chi connectivity index (χ0n) is 21.4. The number of likely N-dealkylation sites (N-methyl/N-ethyl adjacent to an activating group) is 1. The number of carboxylic acid groups (broad SMARTS) is 1.